The fraction of sp³-hybridized carbons (Fsp3) is 0.0667. The Bertz CT molecular complexity index is 1720. The van der Waals surface area contributed by atoms with Crippen molar-refractivity contribution in [2.75, 3.05) is 0 Å². The summed E-state index contributed by atoms with van der Waals surface area (Å²) >= 11 is 0. The average Bonchev–Trinajstić information content (AvgIpc) is 3.52. The summed E-state index contributed by atoms with van der Waals surface area (Å²) in [6, 6.07) is 31.8. The van der Waals surface area contributed by atoms with E-state index in [-0.39, 0.29) is 0 Å². The van der Waals surface area contributed by atoms with Crippen molar-refractivity contribution in [2.45, 2.75) is 12.8 Å². The number of hydrogen-bond acceptors (Lipinski definition) is 0. The standard InChI is InChI=1S/C30H19N/c1-4-9-22-18(6-1)14-20-16-29-27(17-25(20)22)30-24(28-10-5-13-31(28)29)12-11-23-21-8-3-2-7-19(21)15-26(23)30/h1-13,16-17H,14-15H2. The lowest BCUT2D eigenvalue weighted by molar-refractivity contribution is 1.24. The molecule has 0 amide bonds. The Morgan fingerprint density at radius 1 is 0.516 bits per heavy atom. The smallest absolute Gasteiger partial charge is 0.0537 e. The van der Waals surface area contributed by atoms with Crippen molar-refractivity contribution in [3.05, 3.63) is 113 Å². The lowest BCUT2D eigenvalue weighted by Gasteiger charge is -2.15. The molecule has 6 aromatic rings. The van der Waals surface area contributed by atoms with Gasteiger partial charge in [0.2, 0.25) is 0 Å². The molecule has 2 aliphatic rings. The minimum absolute atomic E-state index is 1.02. The molecule has 0 spiro atoms. The molecule has 0 radical (unpaired) electrons. The molecule has 0 unspecified atom stereocenters. The number of benzene rings is 4. The van der Waals surface area contributed by atoms with Gasteiger partial charge >= 0.3 is 0 Å². The molecular formula is C30H19N. The summed E-state index contributed by atoms with van der Waals surface area (Å²) in [5.41, 5.74) is 14.0. The normalized spacial score (nSPS) is 13.5. The second-order valence-corrected chi connectivity index (χ2v) is 8.97. The van der Waals surface area contributed by atoms with E-state index in [2.05, 4.69) is 95.5 Å². The zero-order valence-corrected chi connectivity index (χ0v) is 17.0. The van der Waals surface area contributed by atoms with Crippen LogP contribution in [-0.2, 0) is 12.8 Å². The van der Waals surface area contributed by atoms with Gasteiger partial charge in [0.25, 0.3) is 0 Å². The van der Waals surface area contributed by atoms with Crippen molar-refractivity contribution in [1.29, 1.82) is 0 Å². The summed E-state index contributed by atoms with van der Waals surface area (Å²) in [6.45, 7) is 0. The van der Waals surface area contributed by atoms with Gasteiger partial charge in [0, 0.05) is 17.0 Å². The second-order valence-electron chi connectivity index (χ2n) is 8.97. The fourth-order valence-electron chi connectivity index (χ4n) is 6.11. The molecule has 8 rings (SSSR count). The Morgan fingerprint density at radius 3 is 2.16 bits per heavy atom. The van der Waals surface area contributed by atoms with E-state index < -0.39 is 0 Å². The van der Waals surface area contributed by atoms with Crippen molar-refractivity contribution in [1.82, 2.24) is 4.40 Å². The van der Waals surface area contributed by atoms with Crippen LogP contribution in [-0.4, -0.2) is 4.40 Å². The Kier molecular flexibility index (Phi) is 2.80. The van der Waals surface area contributed by atoms with Crippen molar-refractivity contribution in [3.63, 3.8) is 0 Å². The first-order chi connectivity index (χ1) is 15.4. The van der Waals surface area contributed by atoms with Crippen molar-refractivity contribution < 1.29 is 0 Å². The van der Waals surface area contributed by atoms with E-state index in [0.717, 1.165) is 12.8 Å². The molecule has 0 saturated heterocycles. The first-order valence-corrected chi connectivity index (χ1v) is 11.0. The average molecular weight is 393 g/mol. The van der Waals surface area contributed by atoms with E-state index >= 15 is 0 Å². The third kappa shape index (κ3) is 1.92. The second kappa shape index (κ2) is 5.44. The lowest BCUT2D eigenvalue weighted by atomic mass is 9.93. The molecule has 2 aliphatic carbocycles. The Hall–Kier alpha value is -3.84. The van der Waals surface area contributed by atoms with Crippen LogP contribution in [0.4, 0.5) is 0 Å². The molecule has 0 bridgehead atoms. The summed E-state index contributed by atoms with van der Waals surface area (Å²) in [6.07, 6.45) is 4.26. The van der Waals surface area contributed by atoms with Crippen LogP contribution in [0.15, 0.2) is 91.1 Å². The van der Waals surface area contributed by atoms with Crippen molar-refractivity contribution >= 4 is 27.2 Å². The Balaban J connectivity index is 1.58. The van der Waals surface area contributed by atoms with Crippen LogP contribution >= 0.6 is 0 Å². The van der Waals surface area contributed by atoms with Gasteiger partial charge in [0.15, 0.2) is 0 Å². The van der Waals surface area contributed by atoms with Crippen molar-refractivity contribution in [2.24, 2.45) is 0 Å². The van der Waals surface area contributed by atoms with Crippen molar-refractivity contribution in [3.8, 4) is 22.3 Å². The van der Waals surface area contributed by atoms with Crippen LogP contribution < -0.4 is 0 Å². The van der Waals surface area contributed by atoms with Gasteiger partial charge in [-0.1, -0.05) is 60.7 Å². The number of nitrogens with zero attached hydrogens (tertiary/aromatic N) is 1. The molecule has 0 aliphatic heterocycles. The highest BCUT2D eigenvalue weighted by molar-refractivity contribution is 6.17. The Labute approximate surface area is 180 Å². The van der Waals surface area contributed by atoms with Crippen LogP contribution in [0.3, 0.4) is 0 Å². The van der Waals surface area contributed by atoms with Gasteiger partial charge in [0.05, 0.1) is 11.0 Å². The molecular weight excluding hydrogens is 374 g/mol. The number of rotatable bonds is 0. The molecule has 4 aromatic carbocycles. The zero-order chi connectivity index (χ0) is 20.1. The predicted octanol–water partition coefficient (Wildman–Crippen LogP) is 7.39. The maximum Gasteiger partial charge on any atom is 0.0537 e. The minimum atomic E-state index is 1.02. The van der Waals surface area contributed by atoms with E-state index in [1.54, 1.807) is 0 Å². The molecule has 1 nitrogen and oxygen atoms in total. The van der Waals surface area contributed by atoms with E-state index in [1.165, 1.54) is 71.7 Å². The third-order valence-electron chi connectivity index (χ3n) is 7.45. The summed E-state index contributed by atoms with van der Waals surface area (Å²) in [7, 11) is 0. The molecule has 2 aromatic heterocycles. The first kappa shape index (κ1) is 15.9. The molecule has 0 fully saturated rings. The van der Waals surface area contributed by atoms with Crippen LogP contribution in [0.2, 0.25) is 0 Å². The maximum absolute atomic E-state index is 2.47. The minimum Gasteiger partial charge on any atom is -0.316 e. The zero-order valence-electron chi connectivity index (χ0n) is 17.0. The monoisotopic (exact) mass is 393 g/mol. The summed E-state index contributed by atoms with van der Waals surface area (Å²) in [4.78, 5) is 0. The molecule has 2 heterocycles. The maximum atomic E-state index is 2.47. The molecule has 0 atom stereocenters. The highest BCUT2D eigenvalue weighted by atomic mass is 14.9. The van der Waals surface area contributed by atoms with E-state index in [4.69, 9.17) is 0 Å². The van der Waals surface area contributed by atoms with E-state index in [0.29, 0.717) is 0 Å². The van der Waals surface area contributed by atoms with Gasteiger partial charge in [-0.3, -0.25) is 0 Å². The third-order valence-corrected chi connectivity index (χ3v) is 7.45. The highest BCUT2D eigenvalue weighted by Gasteiger charge is 2.25. The quantitative estimate of drug-likeness (QED) is 0.237. The number of aromatic nitrogens is 1. The largest absolute Gasteiger partial charge is 0.316 e. The van der Waals surface area contributed by atoms with Crippen LogP contribution in [0.25, 0.3) is 49.4 Å². The van der Waals surface area contributed by atoms with Gasteiger partial charge in [0.1, 0.15) is 0 Å². The molecule has 31 heavy (non-hydrogen) atoms. The van der Waals surface area contributed by atoms with Crippen LogP contribution in [0.1, 0.15) is 22.3 Å². The lowest BCUT2D eigenvalue weighted by Crippen LogP contribution is -1.95. The molecule has 0 N–H and O–H groups in total. The fourth-order valence-corrected chi connectivity index (χ4v) is 6.11. The van der Waals surface area contributed by atoms with E-state index in [1.807, 2.05) is 0 Å². The molecule has 0 saturated carbocycles. The topological polar surface area (TPSA) is 4.41 Å². The highest BCUT2D eigenvalue weighted by Crippen LogP contribution is 2.46. The van der Waals surface area contributed by atoms with Crippen LogP contribution in [0.5, 0.6) is 0 Å². The molecule has 1 heteroatoms. The summed E-state index contributed by atoms with van der Waals surface area (Å²) in [5.74, 6) is 0. The Morgan fingerprint density at radius 2 is 1.29 bits per heavy atom. The first-order valence-electron chi connectivity index (χ1n) is 11.0. The number of fused-ring (bicyclic) bond motifs is 13. The number of pyridine rings is 1. The predicted molar refractivity (Wildman–Crippen MR) is 129 cm³/mol. The van der Waals surface area contributed by atoms with Crippen LogP contribution in [0, 0.1) is 0 Å². The van der Waals surface area contributed by atoms with Gasteiger partial charge in [-0.15, -0.1) is 0 Å². The van der Waals surface area contributed by atoms with Gasteiger partial charge in [-0.2, -0.15) is 0 Å². The van der Waals surface area contributed by atoms with E-state index in [9.17, 15) is 0 Å². The van der Waals surface area contributed by atoms with Gasteiger partial charge < -0.3 is 4.40 Å². The van der Waals surface area contributed by atoms with Gasteiger partial charge in [-0.05, 0) is 87.0 Å². The number of hydrogen-bond donors (Lipinski definition) is 0. The summed E-state index contributed by atoms with van der Waals surface area (Å²) < 4.78 is 2.38. The summed E-state index contributed by atoms with van der Waals surface area (Å²) in [5, 5.41) is 4.16. The molecule has 144 valence electrons. The SMILES string of the molecule is c1ccc2c(c1)Cc1cc3c(cc1-2)c1c2c(ccc1c1cccn13)-c1ccccc1C2. The van der Waals surface area contributed by atoms with Gasteiger partial charge in [-0.25, -0.2) is 0 Å².